The van der Waals surface area contributed by atoms with Crippen LogP contribution in [0, 0.1) is 0 Å². The average Bonchev–Trinajstić information content (AvgIpc) is 2.99. The number of carbonyl (C=O) groups is 2. The third-order valence-corrected chi connectivity index (χ3v) is 2.95. The third-order valence-electron chi connectivity index (χ3n) is 2.95. The third kappa shape index (κ3) is 5.18. The van der Waals surface area contributed by atoms with Crippen LogP contribution in [0.4, 0.5) is 0 Å². The first kappa shape index (κ1) is 16.6. The van der Waals surface area contributed by atoms with Crippen molar-refractivity contribution in [2.24, 2.45) is 0 Å². The van der Waals surface area contributed by atoms with Crippen molar-refractivity contribution in [1.29, 1.82) is 0 Å². The first-order valence-electron chi connectivity index (χ1n) is 7.38. The van der Waals surface area contributed by atoms with E-state index < -0.39 is 5.91 Å². The number of ether oxygens (including phenoxy) is 1. The van der Waals surface area contributed by atoms with Gasteiger partial charge in [0.15, 0.2) is 5.76 Å². The van der Waals surface area contributed by atoms with E-state index in [1.807, 2.05) is 44.2 Å². The topological polar surface area (TPSA) is 80.6 Å². The lowest BCUT2D eigenvalue weighted by molar-refractivity contribution is -0.120. The Morgan fingerprint density at radius 2 is 1.91 bits per heavy atom. The molecule has 0 aliphatic rings. The van der Waals surface area contributed by atoms with E-state index in [-0.39, 0.29) is 30.9 Å². The number of hydrogen-bond donors (Lipinski definition) is 2. The highest BCUT2D eigenvalue weighted by Gasteiger charge is 2.16. The van der Waals surface area contributed by atoms with Crippen molar-refractivity contribution >= 4 is 11.8 Å². The van der Waals surface area contributed by atoms with Crippen molar-refractivity contribution < 1.29 is 18.7 Å². The monoisotopic (exact) mass is 316 g/mol. The Labute approximate surface area is 134 Å². The van der Waals surface area contributed by atoms with Gasteiger partial charge in [0.2, 0.25) is 5.91 Å². The van der Waals surface area contributed by atoms with Crippen LogP contribution in [0.15, 0.2) is 47.1 Å². The van der Waals surface area contributed by atoms with E-state index in [9.17, 15) is 9.59 Å². The molecule has 6 nitrogen and oxygen atoms in total. The van der Waals surface area contributed by atoms with E-state index >= 15 is 0 Å². The summed E-state index contributed by atoms with van der Waals surface area (Å²) in [5.41, 5.74) is 0.621. The largest absolute Gasteiger partial charge is 0.489 e. The fourth-order valence-corrected chi connectivity index (χ4v) is 1.94. The van der Waals surface area contributed by atoms with Crippen LogP contribution in [0.3, 0.4) is 0 Å². The van der Waals surface area contributed by atoms with Crippen molar-refractivity contribution in [3.8, 4) is 5.75 Å². The summed E-state index contributed by atoms with van der Waals surface area (Å²) >= 11 is 0. The summed E-state index contributed by atoms with van der Waals surface area (Å²) in [7, 11) is 0. The second kappa shape index (κ2) is 8.03. The summed E-state index contributed by atoms with van der Waals surface area (Å²) in [6, 6.07) is 11.0. The van der Waals surface area contributed by atoms with Crippen molar-refractivity contribution in [2.75, 3.05) is 6.54 Å². The van der Waals surface area contributed by atoms with Crippen LogP contribution in [-0.2, 0) is 11.4 Å². The van der Waals surface area contributed by atoms with Gasteiger partial charge in [0, 0.05) is 11.6 Å². The minimum atomic E-state index is -0.444. The molecular formula is C17H20N2O4. The molecule has 0 fully saturated rings. The molecule has 0 aliphatic heterocycles. The molecule has 0 saturated heterocycles. The predicted molar refractivity (Wildman–Crippen MR) is 85.1 cm³/mol. The first-order valence-corrected chi connectivity index (χ1v) is 7.38. The van der Waals surface area contributed by atoms with Crippen LogP contribution in [0.1, 0.15) is 30.0 Å². The number of rotatable bonds is 7. The summed E-state index contributed by atoms with van der Waals surface area (Å²) < 4.78 is 10.8. The number of furan rings is 1. The molecule has 1 aromatic heterocycles. The molecule has 1 aromatic carbocycles. The van der Waals surface area contributed by atoms with Gasteiger partial charge in [-0.25, -0.2) is 0 Å². The molecule has 2 N–H and O–H groups in total. The molecule has 1 heterocycles. The molecule has 0 bridgehead atoms. The lowest BCUT2D eigenvalue weighted by atomic mass is 10.2. The fraction of sp³-hybridized carbons (Fsp3) is 0.294. The SMILES string of the molecule is CC(C)NC(=O)CNC(=O)c1occc1COc1ccccc1. The summed E-state index contributed by atoms with van der Waals surface area (Å²) in [6.07, 6.45) is 1.42. The van der Waals surface area contributed by atoms with Crippen LogP contribution < -0.4 is 15.4 Å². The molecule has 0 aliphatic carbocycles. The normalized spacial score (nSPS) is 10.4. The smallest absolute Gasteiger partial charge is 0.287 e. The van der Waals surface area contributed by atoms with E-state index in [1.54, 1.807) is 6.07 Å². The van der Waals surface area contributed by atoms with Crippen LogP contribution >= 0.6 is 0 Å². The Kier molecular flexibility index (Phi) is 5.80. The standard InChI is InChI=1S/C17H20N2O4/c1-12(2)19-15(20)10-18-17(21)16-13(8-9-22-16)11-23-14-6-4-3-5-7-14/h3-9,12H,10-11H2,1-2H3,(H,18,21)(H,19,20). The zero-order valence-electron chi connectivity index (χ0n) is 13.2. The quantitative estimate of drug-likeness (QED) is 0.820. The Morgan fingerprint density at radius 3 is 2.61 bits per heavy atom. The summed E-state index contributed by atoms with van der Waals surface area (Å²) in [5.74, 6) is 0.164. The fourth-order valence-electron chi connectivity index (χ4n) is 1.94. The van der Waals surface area contributed by atoms with Crippen LogP contribution in [-0.4, -0.2) is 24.4 Å². The van der Waals surface area contributed by atoms with Crippen molar-refractivity contribution in [3.05, 3.63) is 54.0 Å². The Morgan fingerprint density at radius 1 is 1.17 bits per heavy atom. The van der Waals surface area contributed by atoms with Gasteiger partial charge in [-0.3, -0.25) is 9.59 Å². The van der Waals surface area contributed by atoms with Crippen molar-refractivity contribution in [3.63, 3.8) is 0 Å². The van der Waals surface area contributed by atoms with Crippen LogP contribution in [0.2, 0.25) is 0 Å². The predicted octanol–water partition coefficient (Wildman–Crippen LogP) is 2.11. The molecule has 0 spiro atoms. The van der Waals surface area contributed by atoms with Gasteiger partial charge in [0.1, 0.15) is 12.4 Å². The molecule has 2 rings (SSSR count). The van der Waals surface area contributed by atoms with Gasteiger partial charge in [0.05, 0.1) is 12.8 Å². The lowest BCUT2D eigenvalue weighted by Gasteiger charge is -2.09. The summed E-state index contributed by atoms with van der Waals surface area (Å²) in [4.78, 5) is 23.6. The minimum Gasteiger partial charge on any atom is -0.489 e. The second-order valence-electron chi connectivity index (χ2n) is 5.28. The highest BCUT2D eigenvalue weighted by atomic mass is 16.5. The van der Waals surface area contributed by atoms with Gasteiger partial charge in [-0.1, -0.05) is 18.2 Å². The zero-order valence-corrected chi connectivity index (χ0v) is 13.2. The van der Waals surface area contributed by atoms with E-state index in [0.717, 1.165) is 0 Å². The molecular weight excluding hydrogens is 296 g/mol. The number of amides is 2. The minimum absolute atomic E-state index is 0.0258. The summed E-state index contributed by atoms with van der Waals surface area (Å²) in [5, 5.41) is 5.22. The Bertz CT molecular complexity index is 650. The number of hydrogen-bond acceptors (Lipinski definition) is 4. The molecule has 0 atom stereocenters. The van der Waals surface area contributed by atoms with Gasteiger partial charge in [0.25, 0.3) is 5.91 Å². The van der Waals surface area contributed by atoms with Gasteiger partial charge < -0.3 is 19.8 Å². The Balaban J connectivity index is 1.89. The number of benzene rings is 1. The lowest BCUT2D eigenvalue weighted by Crippen LogP contribution is -2.39. The van der Waals surface area contributed by atoms with Crippen LogP contribution in [0.25, 0.3) is 0 Å². The van der Waals surface area contributed by atoms with E-state index in [0.29, 0.717) is 11.3 Å². The summed E-state index contributed by atoms with van der Waals surface area (Å²) in [6.45, 7) is 3.81. The maximum absolute atomic E-state index is 12.1. The molecule has 0 saturated carbocycles. The van der Waals surface area contributed by atoms with E-state index in [1.165, 1.54) is 6.26 Å². The van der Waals surface area contributed by atoms with E-state index in [4.69, 9.17) is 9.15 Å². The number of carbonyl (C=O) groups excluding carboxylic acids is 2. The first-order chi connectivity index (χ1) is 11.1. The maximum atomic E-state index is 12.1. The molecule has 2 amide bonds. The van der Waals surface area contributed by atoms with Crippen molar-refractivity contribution in [2.45, 2.75) is 26.5 Å². The molecule has 0 radical (unpaired) electrons. The van der Waals surface area contributed by atoms with Gasteiger partial charge >= 0.3 is 0 Å². The van der Waals surface area contributed by atoms with Gasteiger partial charge in [-0.2, -0.15) is 0 Å². The van der Waals surface area contributed by atoms with Crippen LogP contribution in [0.5, 0.6) is 5.75 Å². The van der Waals surface area contributed by atoms with E-state index in [2.05, 4.69) is 10.6 Å². The zero-order chi connectivity index (χ0) is 16.7. The van der Waals surface area contributed by atoms with Gasteiger partial charge in [-0.15, -0.1) is 0 Å². The Hall–Kier alpha value is -2.76. The number of para-hydroxylation sites is 1. The molecule has 122 valence electrons. The highest BCUT2D eigenvalue weighted by Crippen LogP contribution is 2.15. The average molecular weight is 316 g/mol. The molecule has 2 aromatic rings. The molecule has 23 heavy (non-hydrogen) atoms. The number of nitrogens with one attached hydrogen (secondary N) is 2. The van der Waals surface area contributed by atoms with Crippen molar-refractivity contribution in [1.82, 2.24) is 10.6 Å². The highest BCUT2D eigenvalue weighted by molar-refractivity contribution is 5.95. The maximum Gasteiger partial charge on any atom is 0.287 e. The second-order valence-corrected chi connectivity index (χ2v) is 5.28. The molecule has 6 heteroatoms. The van der Waals surface area contributed by atoms with Gasteiger partial charge in [-0.05, 0) is 32.0 Å². The molecule has 0 unspecified atom stereocenters.